The number of hydrogen-bond donors (Lipinski definition) is 1. The van der Waals surface area contributed by atoms with E-state index in [9.17, 15) is 4.79 Å². The molecule has 8 heteroatoms. The quantitative estimate of drug-likeness (QED) is 0.854. The van der Waals surface area contributed by atoms with Crippen LogP contribution in [0.1, 0.15) is 11.7 Å². The van der Waals surface area contributed by atoms with Crippen molar-refractivity contribution in [1.29, 1.82) is 0 Å². The summed E-state index contributed by atoms with van der Waals surface area (Å²) in [6.07, 6.45) is -0.183. The van der Waals surface area contributed by atoms with Gasteiger partial charge in [-0.05, 0) is 17.7 Å². The van der Waals surface area contributed by atoms with E-state index in [1.54, 1.807) is 12.1 Å². The second-order valence-corrected chi connectivity index (χ2v) is 6.21. The topological polar surface area (TPSA) is 50.8 Å². The molecule has 1 amide bonds. The van der Waals surface area contributed by atoms with Crippen LogP contribution in [-0.2, 0) is 14.3 Å². The number of hydrogen-bond acceptors (Lipinski definition) is 4. The molecule has 2 saturated heterocycles. The second-order valence-electron chi connectivity index (χ2n) is 5.40. The first kappa shape index (κ1) is 18.8. The summed E-state index contributed by atoms with van der Waals surface area (Å²) in [5.41, 5.74) is 0.930. The minimum absolute atomic E-state index is 0. The standard InChI is InChI=1S/C15H18Cl2N2O3.ClH/c16-11-2-1-10(7-12(11)17)14-8-19(4-6-22-14)15(20)13-9-21-5-3-18-13;/h1-2,7,13-14,18H,3-6,8-9H2;1H. The van der Waals surface area contributed by atoms with Crippen molar-refractivity contribution in [1.82, 2.24) is 10.2 Å². The first-order valence-corrected chi connectivity index (χ1v) is 8.07. The van der Waals surface area contributed by atoms with Crippen molar-refractivity contribution in [2.45, 2.75) is 12.1 Å². The van der Waals surface area contributed by atoms with Crippen molar-refractivity contribution in [3.8, 4) is 0 Å². The van der Waals surface area contributed by atoms with E-state index in [-0.39, 0.29) is 30.5 Å². The maximum absolute atomic E-state index is 12.5. The Kier molecular flexibility index (Phi) is 6.95. The summed E-state index contributed by atoms with van der Waals surface area (Å²) in [4.78, 5) is 14.4. The third kappa shape index (κ3) is 4.50. The Morgan fingerprint density at radius 3 is 2.78 bits per heavy atom. The molecule has 0 spiro atoms. The lowest BCUT2D eigenvalue weighted by Gasteiger charge is -2.36. The summed E-state index contributed by atoms with van der Waals surface area (Å²) >= 11 is 12.0. The van der Waals surface area contributed by atoms with Crippen LogP contribution in [0, 0.1) is 0 Å². The molecule has 2 atom stereocenters. The number of carbonyl (C=O) groups excluding carboxylic acids is 1. The van der Waals surface area contributed by atoms with Crippen molar-refractivity contribution in [3.05, 3.63) is 33.8 Å². The molecule has 5 nitrogen and oxygen atoms in total. The Bertz CT molecular complexity index is 553. The van der Waals surface area contributed by atoms with Gasteiger partial charge in [0, 0.05) is 13.1 Å². The monoisotopic (exact) mass is 380 g/mol. The first-order chi connectivity index (χ1) is 10.6. The fraction of sp³-hybridized carbons (Fsp3) is 0.533. The van der Waals surface area contributed by atoms with Gasteiger partial charge < -0.3 is 19.7 Å². The van der Waals surface area contributed by atoms with Crippen LogP contribution in [0.2, 0.25) is 10.0 Å². The zero-order valence-electron chi connectivity index (χ0n) is 12.5. The molecule has 2 fully saturated rings. The lowest BCUT2D eigenvalue weighted by molar-refractivity contribution is -0.144. The van der Waals surface area contributed by atoms with Gasteiger partial charge >= 0.3 is 0 Å². The Balaban J connectivity index is 0.00000192. The molecule has 2 heterocycles. The van der Waals surface area contributed by atoms with Crippen LogP contribution in [0.4, 0.5) is 0 Å². The average Bonchev–Trinajstić information content (AvgIpc) is 2.57. The summed E-state index contributed by atoms with van der Waals surface area (Å²) < 4.78 is 11.1. The van der Waals surface area contributed by atoms with E-state index in [0.29, 0.717) is 49.5 Å². The highest BCUT2D eigenvalue weighted by atomic mass is 35.5. The lowest BCUT2D eigenvalue weighted by atomic mass is 10.1. The van der Waals surface area contributed by atoms with E-state index in [0.717, 1.165) is 5.56 Å². The second kappa shape index (κ2) is 8.51. The number of rotatable bonds is 2. The zero-order chi connectivity index (χ0) is 15.5. The van der Waals surface area contributed by atoms with Crippen LogP contribution < -0.4 is 5.32 Å². The molecular weight excluding hydrogens is 363 g/mol. The molecule has 2 aliphatic rings. The third-order valence-corrected chi connectivity index (χ3v) is 4.65. The SMILES string of the molecule is Cl.O=C(C1COCCN1)N1CCOC(c2ccc(Cl)c(Cl)c2)C1. The molecule has 2 unspecified atom stereocenters. The minimum atomic E-state index is -0.263. The predicted octanol–water partition coefficient (Wildman–Crippen LogP) is 2.30. The average molecular weight is 382 g/mol. The molecule has 23 heavy (non-hydrogen) atoms. The highest BCUT2D eigenvalue weighted by Gasteiger charge is 2.31. The van der Waals surface area contributed by atoms with Crippen molar-refractivity contribution >= 4 is 41.5 Å². The molecule has 0 saturated carbocycles. The molecule has 128 valence electrons. The predicted molar refractivity (Wildman–Crippen MR) is 91.6 cm³/mol. The lowest BCUT2D eigenvalue weighted by Crippen LogP contribution is -2.55. The van der Waals surface area contributed by atoms with Crippen LogP contribution in [0.15, 0.2) is 18.2 Å². The number of morpholine rings is 2. The van der Waals surface area contributed by atoms with E-state index in [4.69, 9.17) is 32.7 Å². The number of nitrogens with zero attached hydrogens (tertiary/aromatic N) is 1. The maximum Gasteiger partial charge on any atom is 0.242 e. The minimum Gasteiger partial charge on any atom is -0.378 e. The fourth-order valence-corrected chi connectivity index (χ4v) is 3.01. The van der Waals surface area contributed by atoms with Gasteiger partial charge in [0.15, 0.2) is 0 Å². The summed E-state index contributed by atoms with van der Waals surface area (Å²) in [5.74, 6) is 0.0630. The zero-order valence-corrected chi connectivity index (χ0v) is 14.8. The number of ether oxygens (including phenoxy) is 2. The van der Waals surface area contributed by atoms with E-state index >= 15 is 0 Å². The number of benzene rings is 1. The van der Waals surface area contributed by atoms with Gasteiger partial charge in [0.1, 0.15) is 12.1 Å². The van der Waals surface area contributed by atoms with Gasteiger partial charge in [-0.1, -0.05) is 29.3 Å². The Morgan fingerprint density at radius 2 is 2.09 bits per heavy atom. The normalized spacial score (nSPS) is 24.9. The Hall–Kier alpha value is -0.560. The molecule has 1 aromatic rings. The summed E-state index contributed by atoms with van der Waals surface area (Å²) in [6, 6.07) is 5.17. The molecule has 3 rings (SSSR count). The van der Waals surface area contributed by atoms with Gasteiger partial charge in [-0.25, -0.2) is 0 Å². The van der Waals surface area contributed by atoms with Gasteiger partial charge in [-0.2, -0.15) is 0 Å². The van der Waals surface area contributed by atoms with Crippen LogP contribution in [0.5, 0.6) is 0 Å². The van der Waals surface area contributed by atoms with Gasteiger partial charge in [-0.3, -0.25) is 4.79 Å². The molecule has 0 aromatic heterocycles. The van der Waals surface area contributed by atoms with Crippen molar-refractivity contribution in [3.63, 3.8) is 0 Å². The highest BCUT2D eigenvalue weighted by Crippen LogP contribution is 2.29. The maximum atomic E-state index is 12.5. The molecular formula is C15H19Cl3N2O3. The molecule has 1 N–H and O–H groups in total. The number of nitrogens with one attached hydrogen (secondary N) is 1. The van der Waals surface area contributed by atoms with E-state index in [2.05, 4.69) is 5.32 Å². The van der Waals surface area contributed by atoms with Crippen LogP contribution in [0.25, 0.3) is 0 Å². The summed E-state index contributed by atoms with van der Waals surface area (Å²) in [6.45, 7) is 3.39. The number of halogens is 3. The van der Waals surface area contributed by atoms with Crippen LogP contribution >= 0.6 is 35.6 Å². The number of carbonyl (C=O) groups is 1. The van der Waals surface area contributed by atoms with E-state index in [1.165, 1.54) is 0 Å². The first-order valence-electron chi connectivity index (χ1n) is 7.31. The Labute approximate surface area is 151 Å². The summed E-state index contributed by atoms with van der Waals surface area (Å²) in [7, 11) is 0. The largest absolute Gasteiger partial charge is 0.378 e. The fourth-order valence-electron chi connectivity index (χ4n) is 2.71. The Morgan fingerprint density at radius 1 is 1.26 bits per heavy atom. The molecule has 0 bridgehead atoms. The van der Waals surface area contributed by atoms with Gasteiger partial charge in [0.25, 0.3) is 0 Å². The summed E-state index contributed by atoms with van der Waals surface area (Å²) in [5, 5.41) is 4.20. The molecule has 2 aliphatic heterocycles. The van der Waals surface area contributed by atoms with Crippen molar-refractivity contribution < 1.29 is 14.3 Å². The van der Waals surface area contributed by atoms with Crippen molar-refractivity contribution in [2.75, 3.05) is 39.5 Å². The van der Waals surface area contributed by atoms with Crippen molar-refractivity contribution in [2.24, 2.45) is 0 Å². The van der Waals surface area contributed by atoms with E-state index in [1.807, 2.05) is 11.0 Å². The van der Waals surface area contributed by atoms with Gasteiger partial charge in [0.05, 0.1) is 36.4 Å². The molecule has 1 aromatic carbocycles. The van der Waals surface area contributed by atoms with Crippen LogP contribution in [-0.4, -0.2) is 56.3 Å². The number of amides is 1. The third-order valence-electron chi connectivity index (χ3n) is 3.91. The van der Waals surface area contributed by atoms with E-state index < -0.39 is 0 Å². The smallest absolute Gasteiger partial charge is 0.242 e. The highest BCUT2D eigenvalue weighted by molar-refractivity contribution is 6.42. The van der Waals surface area contributed by atoms with Gasteiger partial charge in [-0.15, -0.1) is 12.4 Å². The molecule has 0 aliphatic carbocycles. The van der Waals surface area contributed by atoms with Gasteiger partial charge in [0.2, 0.25) is 5.91 Å². The molecule has 0 radical (unpaired) electrons. The van der Waals surface area contributed by atoms with Crippen LogP contribution in [0.3, 0.4) is 0 Å².